The first-order chi connectivity index (χ1) is 8.22. The normalized spacial score (nSPS) is 21.9. The number of ether oxygens (including phenoxy) is 2. The van der Waals surface area contributed by atoms with Crippen molar-refractivity contribution in [3.63, 3.8) is 0 Å². The third-order valence-corrected chi connectivity index (χ3v) is 2.76. The average Bonchev–Trinajstić information content (AvgIpc) is 3.10. The van der Waals surface area contributed by atoms with Gasteiger partial charge in [0.2, 0.25) is 0 Å². The van der Waals surface area contributed by atoms with Crippen LogP contribution in [0.15, 0.2) is 42.7 Å². The molecule has 1 aliphatic rings. The van der Waals surface area contributed by atoms with Crippen LogP contribution in [0.5, 0.6) is 0 Å². The van der Waals surface area contributed by atoms with E-state index in [0.29, 0.717) is 17.9 Å². The fraction of sp³-hybridized carbons (Fsp3) is 0.357. The first-order valence-corrected chi connectivity index (χ1v) is 5.80. The third kappa shape index (κ3) is 2.94. The molecule has 90 valence electrons. The Morgan fingerprint density at radius 1 is 1.41 bits per heavy atom. The summed E-state index contributed by atoms with van der Waals surface area (Å²) < 4.78 is 10.6. The van der Waals surface area contributed by atoms with E-state index in [1.165, 1.54) is 0 Å². The van der Waals surface area contributed by atoms with E-state index in [4.69, 9.17) is 9.47 Å². The van der Waals surface area contributed by atoms with Crippen molar-refractivity contribution < 1.29 is 14.3 Å². The van der Waals surface area contributed by atoms with Gasteiger partial charge in [-0.1, -0.05) is 24.8 Å². The van der Waals surface area contributed by atoms with Gasteiger partial charge in [0.25, 0.3) is 0 Å². The fourth-order valence-electron chi connectivity index (χ4n) is 1.74. The van der Waals surface area contributed by atoms with Crippen LogP contribution in [-0.4, -0.2) is 18.7 Å². The van der Waals surface area contributed by atoms with Gasteiger partial charge in [-0.15, -0.1) is 0 Å². The van der Waals surface area contributed by atoms with Gasteiger partial charge < -0.3 is 9.47 Å². The van der Waals surface area contributed by atoms with Crippen LogP contribution in [-0.2, 0) is 9.47 Å². The topological polar surface area (TPSA) is 35.5 Å². The van der Waals surface area contributed by atoms with Gasteiger partial charge in [0.05, 0.1) is 11.7 Å². The molecular formula is C14H16O3. The highest BCUT2D eigenvalue weighted by Gasteiger charge is 2.42. The van der Waals surface area contributed by atoms with Crippen molar-refractivity contribution in [3.05, 3.63) is 48.2 Å². The largest absolute Gasteiger partial charge is 0.428 e. The van der Waals surface area contributed by atoms with E-state index in [-0.39, 0.29) is 18.0 Å². The fourth-order valence-corrected chi connectivity index (χ4v) is 1.74. The van der Waals surface area contributed by atoms with Gasteiger partial charge in [-0.2, -0.15) is 0 Å². The Bertz CT molecular complexity index is 411. The highest BCUT2D eigenvalue weighted by molar-refractivity contribution is 5.90. The second-order valence-corrected chi connectivity index (χ2v) is 4.06. The Morgan fingerprint density at radius 2 is 2.12 bits per heavy atom. The van der Waals surface area contributed by atoms with E-state index in [9.17, 15) is 4.79 Å². The molecule has 0 unspecified atom stereocenters. The summed E-state index contributed by atoms with van der Waals surface area (Å²) in [7, 11) is 0. The van der Waals surface area contributed by atoms with Crippen LogP contribution in [0.1, 0.15) is 23.7 Å². The molecule has 2 rings (SSSR count). The second-order valence-electron chi connectivity index (χ2n) is 4.06. The van der Waals surface area contributed by atoms with Crippen molar-refractivity contribution in [2.75, 3.05) is 6.61 Å². The smallest absolute Gasteiger partial charge is 0.343 e. The molecule has 1 aliphatic carbocycles. The first kappa shape index (κ1) is 11.9. The first-order valence-electron chi connectivity index (χ1n) is 5.80. The van der Waals surface area contributed by atoms with Crippen LogP contribution < -0.4 is 0 Å². The molecule has 1 saturated carbocycles. The molecule has 1 aromatic rings. The Hall–Kier alpha value is -1.61. The van der Waals surface area contributed by atoms with E-state index >= 15 is 0 Å². The molecule has 0 bridgehead atoms. The highest BCUT2D eigenvalue weighted by atomic mass is 16.5. The van der Waals surface area contributed by atoms with Crippen molar-refractivity contribution in [2.24, 2.45) is 5.92 Å². The third-order valence-electron chi connectivity index (χ3n) is 2.76. The Morgan fingerprint density at radius 3 is 2.76 bits per heavy atom. The number of benzene rings is 1. The summed E-state index contributed by atoms with van der Waals surface area (Å²) in [4.78, 5) is 11.7. The molecule has 0 spiro atoms. The van der Waals surface area contributed by atoms with Crippen molar-refractivity contribution >= 4 is 5.97 Å². The van der Waals surface area contributed by atoms with Crippen molar-refractivity contribution in [1.82, 2.24) is 0 Å². The minimum absolute atomic E-state index is 0.169. The molecule has 0 aromatic heterocycles. The molecule has 0 heterocycles. The lowest BCUT2D eigenvalue weighted by molar-refractivity contribution is 0.0585. The molecule has 2 atom stereocenters. The molecule has 0 saturated heterocycles. The second kappa shape index (κ2) is 5.15. The van der Waals surface area contributed by atoms with Crippen molar-refractivity contribution in [1.29, 1.82) is 0 Å². The summed E-state index contributed by atoms with van der Waals surface area (Å²) in [5, 5.41) is 0. The zero-order valence-electron chi connectivity index (χ0n) is 9.89. The van der Waals surface area contributed by atoms with Crippen LogP contribution in [0.2, 0.25) is 0 Å². The number of rotatable bonds is 5. The van der Waals surface area contributed by atoms with Gasteiger partial charge >= 0.3 is 5.97 Å². The van der Waals surface area contributed by atoms with Crippen LogP contribution in [0.25, 0.3) is 0 Å². The van der Waals surface area contributed by atoms with Gasteiger partial charge in [0, 0.05) is 12.5 Å². The predicted octanol–water partition coefficient (Wildman–Crippen LogP) is 2.78. The summed E-state index contributed by atoms with van der Waals surface area (Å²) >= 11 is 0. The zero-order chi connectivity index (χ0) is 12.3. The lowest BCUT2D eigenvalue weighted by atomic mass is 10.2. The van der Waals surface area contributed by atoms with Crippen LogP contribution in [0, 0.1) is 5.92 Å². The number of hydrogen-bond donors (Lipinski definition) is 0. The van der Waals surface area contributed by atoms with E-state index in [1.807, 2.05) is 13.0 Å². The quantitative estimate of drug-likeness (QED) is 0.578. The van der Waals surface area contributed by atoms with Crippen LogP contribution in [0.4, 0.5) is 0 Å². The minimum Gasteiger partial charge on any atom is -0.428 e. The molecule has 1 aromatic carbocycles. The van der Waals surface area contributed by atoms with Crippen molar-refractivity contribution in [2.45, 2.75) is 19.4 Å². The van der Waals surface area contributed by atoms with Gasteiger partial charge in [0.1, 0.15) is 5.76 Å². The molecule has 3 heteroatoms. The summed E-state index contributed by atoms with van der Waals surface area (Å²) in [5.41, 5.74) is 0.544. The maximum Gasteiger partial charge on any atom is 0.343 e. The molecule has 3 nitrogen and oxygen atoms in total. The lowest BCUT2D eigenvalue weighted by Gasteiger charge is -2.06. The molecular weight excluding hydrogens is 216 g/mol. The minimum atomic E-state index is -0.349. The number of carbonyl (C=O) groups is 1. The summed E-state index contributed by atoms with van der Waals surface area (Å²) in [5.74, 6) is 0.331. The number of hydrogen-bond acceptors (Lipinski definition) is 3. The van der Waals surface area contributed by atoms with Crippen LogP contribution in [0.3, 0.4) is 0 Å². The predicted molar refractivity (Wildman–Crippen MR) is 64.5 cm³/mol. The van der Waals surface area contributed by atoms with E-state index in [1.54, 1.807) is 24.3 Å². The molecule has 0 N–H and O–H groups in total. The van der Waals surface area contributed by atoms with E-state index in [0.717, 1.165) is 6.42 Å². The van der Waals surface area contributed by atoms with Gasteiger partial charge in [-0.05, 0) is 25.5 Å². The maximum absolute atomic E-state index is 11.7. The highest BCUT2D eigenvalue weighted by Crippen LogP contribution is 2.39. The monoisotopic (exact) mass is 232 g/mol. The Labute approximate surface area is 101 Å². The maximum atomic E-state index is 11.7. The summed E-state index contributed by atoms with van der Waals surface area (Å²) in [6.07, 6.45) is 1.07. The Balaban J connectivity index is 1.86. The van der Waals surface area contributed by atoms with Gasteiger partial charge in [-0.3, -0.25) is 0 Å². The Kier molecular flexibility index (Phi) is 3.59. The van der Waals surface area contributed by atoms with Crippen molar-refractivity contribution in [3.8, 4) is 0 Å². The molecule has 0 aliphatic heterocycles. The molecule has 0 amide bonds. The average molecular weight is 232 g/mol. The van der Waals surface area contributed by atoms with E-state index in [2.05, 4.69) is 6.58 Å². The molecule has 1 fully saturated rings. The van der Waals surface area contributed by atoms with E-state index < -0.39 is 0 Å². The number of esters is 1. The number of carbonyl (C=O) groups excluding carboxylic acids is 1. The summed E-state index contributed by atoms with van der Waals surface area (Å²) in [6, 6.07) is 8.92. The molecule has 17 heavy (non-hydrogen) atoms. The van der Waals surface area contributed by atoms with Gasteiger partial charge in [0.15, 0.2) is 0 Å². The lowest BCUT2D eigenvalue weighted by Crippen LogP contribution is -2.07. The molecule has 0 radical (unpaired) electrons. The standard InChI is InChI=1S/C14H16O3/c1-3-16-13-9-12(13)10(2)17-14(15)11-7-5-4-6-8-11/h4-8,12-13H,2-3,9H2,1H3/t12-,13+/m0/s1. The summed E-state index contributed by atoms with van der Waals surface area (Å²) in [6.45, 7) is 6.43. The SMILES string of the molecule is C=C(OC(=O)c1ccccc1)[C@@H]1C[C@H]1OCC. The van der Waals surface area contributed by atoms with Gasteiger partial charge in [-0.25, -0.2) is 4.79 Å². The van der Waals surface area contributed by atoms with Crippen LogP contribution >= 0.6 is 0 Å². The zero-order valence-corrected chi connectivity index (χ0v) is 9.89.